The van der Waals surface area contributed by atoms with Gasteiger partial charge in [0.15, 0.2) is 5.13 Å². The van der Waals surface area contributed by atoms with Crippen molar-refractivity contribution in [2.24, 2.45) is 0 Å². The average molecular weight is 503 g/mol. The van der Waals surface area contributed by atoms with Crippen LogP contribution in [-0.4, -0.2) is 28.4 Å². The first kappa shape index (κ1) is 23.7. The fourth-order valence-corrected chi connectivity index (χ4v) is 5.39. The molecule has 2 heterocycles. The molecule has 182 valence electrons. The fourth-order valence-electron chi connectivity index (χ4n) is 4.33. The minimum atomic E-state index is -1.18. The molecule has 0 spiro atoms. The van der Waals surface area contributed by atoms with E-state index in [1.54, 1.807) is 30.3 Å². The maximum atomic E-state index is 15.1. The number of aromatic nitrogens is 1. The van der Waals surface area contributed by atoms with Crippen LogP contribution in [0.1, 0.15) is 36.6 Å². The summed E-state index contributed by atoms with van der Waals surface area (Å²) < 4.78 is 21.4. The summed E-state index contributed by atoms with van der Waals surface area (Å²) in [6.07, 6.45) is 0.838. The van der Waals surface area contributed by atoms with E-state index in [2.05, 4.69) is 4.98 Å². The lowest BCUT2D eigenvalue weighted by Gasteiger charge is -2.23. The van der Waals surface area contributed by atoms with E-state index in [1.165, 1.54) is 34.4 Å². The number of ether oxygens (including phenoxy) is 1. The third-order valence-corrected chi connectivity index (χ3v) is 7.16. The lowest BCUT2D eigenvalue weighted by atomic mass is 9.95. The molecule has 1 atom stereocenters. The predicted octanol–water partition coefficient (Wildman–Crippen LogP) is 6.02. The minimum Gasteiger partial charge on any atom is -0.507 e. The Morgan fingerprint density at radius 1 is 1.08 bits per heavy atom. The summed E-state index contributed by atoms with van der Waals surface area (Å²) in [6, 6.07) is 17.1. The SMILES string of the molecule is CCOc1ccc(C(O)=C2C(=O)C(=O)N(c3nc4ccc(CC)cc4s3)C2c2ccccc2F)cc1. The van der Waals surface area contributed by atoms with E-state index in [1.807, 2.05) is 32.0 Å². The van der Waals surface area contributed by atoms with Crippen molar-refractivity contribution >= 4 is 44.1 Å². The summed E-state index contributed by atoms with van der Waals surface area (Å²) in [4.78, 5) is 32.4. The number of thiazole rings is 1. The van der Waals surface area contributed by atoms with Gasteiger partial charge in [0.1, 0.15) is 23.4 Å². The standard InChI is InChI=1S/C28H23FN2O4S/c1-3-16-9-14-21-22(15-16)36-28(30-21)31-24(19-7-5-6-8-20(19)29)23(26(33)27(31)34)25(32)17-10-12-18(13-11-17)35-4-2/h5-15,24,32H,3-4H2,1-2H3. The Morgan fingerprint density at radius 3 is 2.53 bits per heavy atom. The summed E-state index contributed by atoms with van der Waals surface area (Å²) in [6.45, 7) is 4.38. The van der Waals surface area contributed by atoms with Crippen molar-refractivity contribution < 1.29 is 23.8 Å². The highest BCUT2D eigenvalue weighted by Crippen LogP contribution is 2.45. The Balaban J connectivity index is 1.69. The lowest BCUT2D eigenvalue weighted by molar-refractivity contribution is -0.132. The third-order valence-electron chi connectivity index (χ3n) is 6.14. The van der Waals surface area contributed by atoms with E-state index in [9.17, 15) is 14.7 Å². The van der Waals surface area contributed by atoms with Gasteiger partial charge in [0.05, 0.1) is 22.4 Å². The number of aliphatic hydroxyl groups is 1. The number of hydrogen-bond acceptors (Lipinski definition) is 6. The van der Waals surface area contributed by atoms with Crippen LogP contribution in [0.4, 0.5) is 9.52 Å². The smallest absolute Gasteiger partial charge is 0.301 e. The van der Waals surface area contributed by atoms with Gasteiger partial charge in [-0.05, 0) is 61.4 Å². The molecule has 0 aliphatic carbocycles. The molecule has 3 aromatic carbocycles. The summed E-state index contributed by atoms with van der Waals surface area (Å²) in [5.74, 6) is -2.15. The van der Waals surface area contributed by atoms with Crippen LogP contribution >= 0.6 is 11.3 Å². The van der Waals surface area contributed by atoms with Crippen LogP contribution in [0.5, 0.6) is 5.75 Å². The summed E-state index contributed by atoms with van der Waals surface area (Å²) in [5, 5.41) is 11.5. The molecule has 1 N–H and O–H groups in total. The predicted molar refractivity (Wildman–Crippen MR) is 138 cm³/mol. The molecule has 0 bridgehead atoms. The second kappa shape index (κ2) is 9.54. The second-order valence-corrected chi connectivity index (χ2v) is 9.31. The quantitative estimate of drug-likeness (QED) is 0.198. The number of aliphatic hydroxyl groups excluding tert-OH is 1. The van der Waals surface area contributed by atoms with Gasteiger partial charge in [-0.3, -0.25) is 14.5 Å². The van der Waals surface area contributed by atoms with Crippen LogP contribution in [0.25, 0.3) is 16.0 Å². The Kier molecular flexibility index (Phi) is 6.28. The average Bonchev–Trinajstić information content (AvgIpc) is 3.42. The van der Waals surface area contributed by atoms with Crippen molar-refractivity contribution in [3.8, 4) is 5.75 Å². The zero-order valence-corrected chi connectivity index (χ0v) is 20.5. The van der Waals surface area contributed by atoms with Gasteiger partial charge >= 0.3 is 5.91 Å². The molecule has 0 saturated carbocycles. The van der Waals surface area contributed by atoms with Crippen LogP contribution in [0.2, 0.25) is 0 Å². The van der Waals surface area contributed by atoms with Crippen LogP contribution in [0, 0.1) is 5.82 Å². The van der Waals surface area contributed by atoms with Gasteiger partial charge in [-0.15, -0.1) is 0 Å². The number of Topliss-reactive ketones (excluding diaryl/α,β-unsaturated/α-hetero) is 1. The zero-order valence-electron chi connectivity index (χ0n) is 19.7. The van der Waals surface area contributed by atoms with E-state index in [4.69, 9.17) is 4.74 Å². The normalized spacial score (nSPS) is 17.2. The fraction of sp³-hybridized carbons (Fsp3) is 0.179. The number of anilines is 1. The highest BCUT2D eigenvalue weighted by Gasteiger charge is 2.49. The molecular weight excluding hydrogens is 479 g/mol. The number of amides is 1. The molecule has 6 nitrogen and oxygen atoms in total. The molecule has 1 saturated heterocycles. The van der Waals surface area contributed by atoms with E-state index in [-0.39, 0.29) is 22.0 Å². The second-order valence-electron chi connectivity index (χ2n) is 8.30. The molecule has 1 fully saturated rings. The van der Waals surface area contributed by atoms with E-state index >= 15 is 4.39 Å². The molecule has 5 rings (SSSR count). The van der Waals surface area contributed by atoms with Crippen LogP contribution < -0.4 is 9.64 Å². The Labute approximate surface area is 211 Å². The van der Waals surface area contributed by atoms with Crippen molar-refractivity contribution in [2.75, 3.05) is 11.5 Å². The lowest BCUT2D eigenvalue weighted by Crippen LogP contribution is -2.29. The molecular formula is C28H23FN2O4S. The number of fused-ring (bicyclic) bond motifs is 1. The molecule has 1 amide bonds. The number of nitrogens with zero attached hydrogens (tertiary/aromatic N) is 2. The van der Waals surface area contributed by atoms with Gasteiger partial charge in [0, 0.05) is 11.1 Å². The number of rotatable bonds is 6. The molecule has 8 heteroatoms. The topological polar surface area (TPSA) is 79.7 Å². The van der Waals surface area contributed by atoms with Crippen LogP contribution in [-0.2, 0) is 16.0 Å². The highest BCUT2D eigenvalue weighted by molar-refractivity contribution is 7.22. The number of benzene rings is 3. The molecule has 1 aliphatic heterocycles. The van der Waals surface area contributed by atoms with Gasteiger partial charge < -0.3 is 9.84 Å². The first-order valence-corrected chi connectivity index (χ1v) is 12.4. The molecule has 4 aromatic rings. The van der Waals surface area contributed by atoms with Crippen molar-refractivity contribution in [2.45, 2.75) is 26.3 Å². The molecule has 1 aliphatic rings. The van der Waals surface area contributed by atoms with Gasteiger partial charge in [-0.25, -0.2) is 9.37 Å². The van der Waals surface area contributed by atoms with Crippen molar-refractivity contribution in [1.29, 1.82) is 0 Å². The Morgan fingerprint density at radius 2 is 1.83 bits per heavy atom. The van der Waals surface area contributed by atoms with E-state index in [0.29, 0.717) is 23.4 Å². The summed E-state index contributed by atoms with van der Waals surface area (Å²) >= 11 is 1.25. The van der Waals surface area contributed by atoms with Gasteiger partial charge in [-0.2, -0.15) is 0 Å². The van der Waals surface area contributed by atoms with Crippen molar-refractivity contribution in [3.63, 3.8) is 0 Å². The first-order chi connectivity index (χ1) is 17.4. The Bertz CT molecular complexity index is 1510. The van der Waals surface area contributed by atoms with Crippen molar-refractivity contribution in [1.82, 2.24) is 4.98 Å². The molecule has 0 radical (unpaired) electrons. The number of hydrogen-bond donors (Lipinski definition) is 1. The van der Waals surface area contributed by atoms with E-state index < -0.39 is 23.5 Å². The minimum absolute atomic E-state index is 0.0951. The van der Waals surface area contributed by atoms with Gasteiger partial charge in [0.25, 0.3) is 5.78 Å². The first-order valence-electron chi connectivity index (χ1n) is 11.6. The maximum Gasteiger partial charge on any atom is 0.301 e. The number of carbonyl (C=O) groups excluding carboxylic acids is 2. The van der Waals surface area contributed by atoms with Gasteiger partial charge in [-0.1, -0.05) is 42.5 Å². The maximum absolute atomic E-state index is 15.1. The zero-order chi connectivity index (χ0) is 25.4. The monoisotopic (exact) mass is 502 g/mol. The molecule has 36 heavy (non-hydrogen) atoms. The van der Waals surface area contributed by atoms with Crippen LogP contribution in [0.3, 0.4) is 0 Å². The number of carbonyl (C=O) groups is 2. The molecule has 1 aromatic heterocycles. The number of aryl methyl sites for hydroxylation is 1. The molecule has 1 unspecified atom stereocenters. The summed E-state index contributed by atoms with van der Waals surface area (Å²) in [5.41, 5.74) is 2.00. The largest absolute Gasteiger partial charge is 0.507 e. The number of ketones is 1. The van der Waals surface area contributed by atoms with Crippen molar-refractivity contribution in [3.05, 3.63) is 94.8 Å². The third kappa shape index (κ3) is 4.03. The van der Waals surface area contributed by atoms with E-state index in [0.717, 1.165) is 16.7 Å². The van der Waals surface area contributed by atoms with Gasteiger partial charge in [0.2, 0.25) is 0 Å². The summed E-state index contributed by atoms with van der Waals surface area (Å²) in [7, 11) is 0. The van der Waals surface area contributed by atoms with Crippen LogP contribution in [0.15, 0.2) is 72.3 Å². The number of halogens is 1. The highest BCUT2D eigenvalue weighted by atomic mass is 32.1. The Hall–Kier alpha value is -4.04.